The van der Waals surface area contributed by atoms with E-state index in [1.807, 2.05) is 54.6 Å². The molecule has 0 unspecified atom stereocenters. The number of Topliss-reactive ketones (excluding diaryl/α,β-unsaturated/α-hetero) is 1. The van der Waals surface area contributed by atoms with Gasteiger partial charge in [-0.3, -0.25) is 4.79 Å². The number of nitrogens with one attached hydrogen (secondary N) is 1. The normalized spacial score (nSPS) is 21.4. The molecule has 6 heteroatoms. The van der Waals surface area contributed by atoms with Crippen molar-refractivity contribution in [3.05, 3.63) is 88.3 Å². The van der Waals surface area contributed by atoms with Crippen LogP contribution in [0.4, 0.5) is 5.95 Å². The van der Waals surface area contributed by atoms with E-state index in [4.69, 9.17) is 11.6 Å². The molecular formula is C21H17ClN4O. The number of anilines is 1. The van der Waals surface area contributed by atoms with Gasteiger partial charge in [-0.1, -0.05) is 54.1 Å². The maximum absolute atomic E-state index is 13.2. The van der Waals surface area contributed by atoms with E-state index in [9.17, 15) is 4.79 Å². The minimum absolute atomic E-state index is 0.131. The van der Waals surface area contributed by atoms with Crippen LogP contribution in [0.3, 0.4) is 0 Å². The highest BCUT2D eigenvalue weighted by atomic mass is 35.5. The minimum Gasteiger partial charge on any atom is -0.328 e. The highest BCUT2D eigenvalue weighted by molar-refractivity contribution is 6.30. The first-order valence-electron chi connectivity index (χ1n) is 8.94. The summed E-state index contributed by atoms with van der Waals surface area (Å²) in [5.41, 5.74) is 3.91. The van der Waals surface area contributed by atoms with Gasteiger partial charge in [0, 0.05) is 22.7 Å². The summed E-state index contributed by atoms with van der Waals surface area (Å²) < 4.78 is 1.80. The number of hydrogen-bond donors (Lipinski definition) is 1. The summed E-state index contributed by atoms with van der Waals surface area (Å²) in [6.45, 7) is 0. The van der Waals surface area contributed by atoms with Crippen LogP contribution in [-0.4, -0.2) is 20.5 Å². The topological polar surface area (TPSA) is 59.8 Å². The number of rotatable bonds is 2. The molecule has 2 atom stereocenters. The fourth-order valence-electron chi connectivity index (χ4n) is 4.07. The average molecular weight is 377 g/mol. The van der Waals surface area contributed by atoms with Crippen molar-refractivity contribution < 1.29 is 4.79 Å². The summed E-state index contributed by atoms with van der Waals surface area (Å²) in [5, 5.41) is 8.41. The van der Waals surface area contributed by atoms with Crippen molar-refractivity contribution in [1.82, 2.24) is 14.8 Å². The zero-order valence-electron chi connectivity index (χ0n) is 14.5. The SMILES string of the molecule is O=C1C[C@H](c2ccc(Cl)cc2)CC2=C1[C@@H](c1ccccc1)n1ncnc1N2. The molecule has 1 aromatic heterocycles. The molecule has 5 nitrogen and oxygen atoms in total. The molecular weight excluding hydrogens is 360 g/mol. The number of nitrogens with zero attached hydrogens (tertiary/aromatic N) is 3. The van der Waals surface area contributed by atoms with E-state index >= 15 is 0 Å². The van der Waals surface area contributed by atoms with Gasteiger partial charge in [-0.25, -0.2) is 4.68 Å². The molecule has 0 saturated carbocycles. The second-order valence-electron chi connectivity index (χ2n) is 6.94. The molecule has 0 amide bonds. The first kappa shape index (κ1) is 16.3. The summed E-state index contributed by atoms with van der Waals surface area (Å²) in [7, 11) is 0. The van der Waals surface area contributed by atoms with Crippen molar-refractivity contribution in [3.63, 3.8) is 0 Å². The van der Waals surface area contributed by atoms with Gasteiger partial charge in [0.05, 0.1) is 0 Å². The highest BCUT2D eigenvalue weighted by Gasteiger charge is 2.39. The molecule has 2 aliphatic rings. The zero-order valence-corrected chi connectivity index (χ0v) is 15.2. The van der Waals surface area contributed by atoms with Gasteiger partial charge in [-0.05, 0) is 35.6 Å². The fourth-order valence-corrected chi connectivity index (χ4v) is 4.19. The molecule has 0 saturated heterocycles. The number of hydrogen-bond acceptors (Lipinski definition) is 4. The Labute approximate surface area is 161 Å². The van der Waals surface area contributed by atoms with Gasteiger partial charge in [0.2, 0.25) is 5.95 Å². The average Bonchev–Trinajstić information content (AvgIpc) is 3.15. The zero-order chi connectivity index (χ0) is 18.4. The van der Waals surface area contributed by atoms with E-state index in [2.05, 4.69) is 15.4 Å². The summed E-state index contributed by atoms with van der Waals surface area (Å²) >= 11 is 6.01. The molecule has 2 aromatic carbocycles. The Morgan fingerprint density at radius 3 is 2.56 bits per heavy atom. The lowest BCUT2D eigenvalue weighted by atomic mass is 9.78. The molecule has 1 N–H and O–H groups in total. The molecule has 2 heterocycles. The Hall–Kier alpha value is -2.92. The van der Waals surface area contributed by atoms with Crippen LogP contribution in [0.1, 0.15) is 35.9 Å². The number of halogens is 1. The third-order valence-corrected chi connectivity index (χ3v) is 5.57. The Kier molecular flexibility index (Phi) is 3.83. The number of carbonyl (C=O) groups excluding carboxylic acids is 1. The van der Waals surface area contributed by atoms with Crippen LogP contribution in [-0.2, 0) is 4.79 Å². The minimum atomic E-state index is -0.237. The number of allylic oxidation sites excluding steroid dienone is 2. The monoisotopic (exact) mass is 376 g/mol. The van der Waals surface area contributed by atoms with Gasteiger partial charge in [0.1, 0.15) is 12.4 Å². The number of benzene rings is 2. The quantitative estimate of drug-likeness (QED) is 0.722. The van der Waals surface area contributed by atoms with E-state index in [1.54, 1.807) is 4.68 Å². The number of ketones is 1. The van der Waals surface area contributed by atoms with E-state index in [0.29, 0.717) is 17.4 Å². The van der Waals surface area contributed by atoms with Gasteiger partial charge in [-0.2, -0.15) is 10.1 Å². The lowest BCUT2D eigenvalue weighted by molar-refractivity contribution is -0.116. The second kappa shape index (κ2) is 6.35. The molecule has 0 spiro atoms. The van der Waals surface area contributed by atoms with Crippen molar-refractivity contribution in [2.75, 3.05) is 5.32 Å². The lowest BCUT2D eigenvalue weighted by Gasteiger charge is -2.35. The van der Waals surface area contributed by atoms with E-state index in [-0.39, 0.29) is 17.7 Å². The van der Waals surface area contributed by atoms with Crippen molar-refractivity contribution in [1.29, 1.82) is 0 Å². The molecule has 27 heavy (non-hydrogen) atoms. The van der Waals surface area contributed by atoms with Gasteiger partial charge < -0.3 is 5.32 Å². The summed E-state index contributed by atoms with van der Waals surface area (Å²) in [6.07, 6.45) is 2.77. The van der Waals surface area contributed by atoms with E-state index in [0.717, 1.165) is 28.8 Å². The fraction of sp³-hybridized carbons (Fsp3) is 0.190. The number of fused-ring (bicyclic) bond motifs is 1. The smallest absolute Gasteiger partial charge is 0.226 e. The van der Waals surface area contributed by atoms with Crippen LogP contribution in [0.5, 0.6) is 0 Å². The van der Waals surface area contributed by atoms with Gasteiger partial charge in [-0.15, -0.1) is 0 Å². The predicted molar refractivity (Wildman–Crippen MR) is 104 cm³/mol. The number of aromatic nitrogens is 3. The van der Waals surface area contributed by atoms with Crippen LogP contribution < -0.4 is 5.32 Å². The van der Waals surface area contributed by atoms with E-state index < -0.39 is 0 Å². The largest absolute Gasteiger partial charge is 0.328 e. The highest BCUT2D eigenvalue weighted by Crippen LogP contribution is 2.43. The van der Waals surface area contributed by atoms with Crippen molar-refractivity contribution in [3.8, 4) is 0 Å². The van der Waals surface area contributed by atoms with Crippen molar-refractivity contribution in [2.45, 2.75) is 24.8 Å². The Morgan fingerprint density at radius 1 is 1.00 bits per heavy atom. The molecule has 134 valence electrons. The second-order valence-corrected chi connectivity index (χ2v) is 7.37. The molecule has 0 bridgehead atoms. The van der Waals surface area contributed by atoms with Crippen LogP contribution in [0.25, 0.3) is 0 Å². The molecule has 0 fully saturated rings. The molecule has 5 rings (SSSR count). The Balaban J connectivity index is 1.58. The lowest BCUT2D eigenvalue weighted by Crippen LogP contribution is -2.33. The molecule has 1 aliphatic carbocycles. The first-order chi connectivity index (χ1) is 13.2. The van der Waals surface area contributed by atoms with Gasteiger partial charge >= 0.3 is 0 Å². The third kappa shape index (κ3) is 2.75. The summed E-state index contributed by atoms with van der Waals surface area (Å²) in [6, 6.07) is 17.5. The van der Waals surface area contributed by atoms with Crippen LogP contribution in [0, 0.1) is 0 Å². The Morgan fingerprint density at radius 2 is 1.78 bits per heavy atom. The van der Waals surface area contributed by atoms with E-state index in [1.165, 1.54) is 6.33 Å². The molecule has 3 aromatic rings. The summed E-state index contributed by atoms with van der Waals surface area (Å²) in [4.78, 5) is 17.5. The van der Waals surface area contributed by atoms with Crippen LogP contribution in [0.2, 0.25) is 5.02 Å². The maximum Gasteiger partial charge on any atom is 0.226 e. The van der Waals surface area contributed by atoms with Gasteiger partial charge in [0.25, 0.3) is 0 Å². The molecule has 1 aliphatic heterocycles. The standard InChI is InChI=1S/C21H17ClN4O/c22-16-8-6-13(7-9-16)15-10-17-19(18(27)11-15)20(14-4-2-1-3-5-14)26-21(25-17)23-12-24-26/h1-9,12,15,20H,10-11H2,(H,23,24,25)/t15-,20-/m1/s1. The third-order valence-electron chi connectivity index (χ3n) is 5.32. The summed E-state index contributed by atoms with van der Waals surface area (Å²) in [5.74, 6) is 0.956. The van der Waals surface area contributed by atoms with Crippen molar-refractivity contribution >= 4 is 23.3 Å². The Bertz CT molecular complexity index is 1040. The maximum atomic E-state index is 13.2. The van der Waals surface area contributed by atoms with Crippen LogP contribution >= 0.6 is 11.6 Å². The van der Waals surface area contributed by atoms with Crippen LogP contribution in [0.15, 0.2) is 72.2 Å². The first-order valence-corrected chi connectivity index (χ1v) is 9.31. The molecule has 0 radical (unpaired) electrons. The van der Waals surface area contributed by atoms with Gasteiger partial charge in [0.15, 0.2) is 5.78 Å². The predicted octanol–water partition coefficient (Wildman–Crippen LogP) is 4.35. The number of carbonyl (C=O) groups is 1. The van der Waals surface area contributed by atoms with Crippen molar-refractivity contribution in [2.24, 2.45) is 0 Å².